The number of likely N-dealkylation sites (tertiary alicyclic amines) is 1. The Kier molecular flexibility index (Phi) is 5.49. The number of nitrogens with zero attached hydrogens (tertiary/aromatic N) is 1. The van der Waals surface area contributed by atoms with E-state index in [1.165, 1.54) is 38.6 Å². The van der Waals surface area contributed by atoms with E-state index < -0.39 is 0 Å². The summed E-state index contributed by atoms with van der Waals surface area (Å²) in [4.78, 5) is 2.50. The molecule has 1 N–H and O–H groups in total. The molecule has 0 spiro atoms. The zero-order valence-electron chi connectivity index (χ0n) is 9.71. The predicted octanol–water partition coefficient (Wildman–Crippen LogP) is 2.41. The summed E-state index contributed by atoms with van der Waals surface area (Å²) >= 11 is 0. The fraction of sp³-hybridized carbons (Fsp3) is 1.00. The summed E-state index contributed by atoms with van der Waals surface area (Å²) < 4.78 is 0. The molecule has 2 atom stereocenters. The molecule has 1 aliphatic rings. The molecular formula is C12H25NO. The summed E-state index contributed by atoms with van der Waals surface area (Å²) in [5, 5.41) is 9.65. The molecular weight excluding hydrogens is 174 g/mol. The minimum Gasteiger partial charge on any atom is -0.392 e. The van der Waals surface area contributed by atoms with Gasteiger partial charge in [-0.25, -0.2) is 0 Å². The Morgan fingerprint density at radius 3 is 2.79 bits per heavy atom. The van der Waals surface area contributed by atoms with Gasteiger partial charge in [0.1, 0.15) is 0 Å². The van der Waals surface area contributed by atoms with E-state index in [1.807, 2.05) is 0 Å². The van der Waals surface area contributed by atoms with E-state index in [0.717, 1.165) is 19.0 Å². The average molecular weight is 199 g/mol. The van der Waals surface area contributed by atoms with E-state index in [1.54, 1.807) is 0 Å². The van der Waals surface area contributed by atoms with Crippen LogP contribution in [0.5, 0.6) is 0 Å². The molecule has 2 heteroatoms. The normalized spacial score (nSPS) is 26.4. The van der Waals surface area contributed by atoms with Gasteiger partial charge in [0.05, 0.1) is 6.10 Å². The van der Waals surface area contributed by atoms with Gasteiger partial charge in [-0.2, -0.15) is 0 Å². The molecule has 0 radical (unpaired) electrons. The van der Waals surface area contributed by atoms with Crippen molar-refractivity contribution in [3.05, 3.63) is 0 Å². The Morgan fingerprint density at radius 1 is 1.36 bits per heavy atom. The minimum atomic E-state index is -0.118. The quantitative estimate of drug-likeness (QED) is 0.735. The molecule has 0 amide bonds. The standard InChI is InChI=1S/C12H25NO/c1-3-7-11-8-5-6-9-13(11)10-12(14)4-2/h11-12,14H,3-10H2,1-2H3. The Hall–Kier alpha value is -0.0800. The monoisotopic (exact) mass is 199 g/mol. The first kappa shape index (κ1) is 12.0. The molecule has 0 aromatic heterocycles. The maximum atomic E-state index is 9.65. The third-order valence-corrected chi connectivity index (χ3v) is 3.29. The van der Waals surface area contributed by atoms with Gasteiger partial charge in [0.2, 0.25) is 0 Å². The summed E-state index contributed by atoms with van der Waals surface area (Å²) in [5.41, 5.74) is 0. The zero-order chi connectivity index (χ0) is 10.4. The Labute approximate surface area is 88.3 Å². The molecule has 14 heavy (non-hydrogen) atoms. The predicted molar refractivity (Wildman–Crippen MR) is 60.4 cm³/mol. The van der Waals surface area contributed by atoms with Crippen molar-refractivity contribution in [2.75, 3.05) is 13.1 Å². The molecule has 84 valence electrons. The van der Waals surface area contributed by atoms with E-state index in [2.05, 4.69) is 18.7 Å². The summed E-state index contributed by atoms with van der Waals surface area (Å²) in [5.74, 6) is 0. The van der Waals surface area contributed by atoms with Crippen LogP contribution >= 0.6 is 0 Å². The second-order valence-corrected chi connectivity index (χ2v) is 4.50. The third kappa shape index (κ3) is 3.58. The molecule has 1 fully saturated rings. The van der Waals surface area contributed by atoms with Crippen molar-refractivity contribution >= 4 is 0 Å². The highest BCUT2D eigenvalue weighted by Gasteiger charge is 2.22. The van der Waals surface area contributed by atoms with Crippen LogP contribution in [0, 0.1) is 0 Å². The average Bonchev–Trinajstić information content (AvgIpc) is 2.21. The van der Waals surface area contributed by atoms with Gasteiger partial charge in [-0.1, -0.05) is 26.7 Å². The van der Waals surface area contributed by atoms with Crippen molar-refractivity contribution in [2.24, 2.45) is 0 Å². The second kappa shape index (κ2) is 6.41. The summed E-state index contributed by atoms with van der Waals surface area (Å²) in [6.45, 7) is 6.40. The van der Waals surface area contributed by atoms with Gasteiger partial charge in [-0.3, -0.25) is 4.90 Å². The Balaban J connectivity index is 2.37. The molecule has 1 saturated heterocycles. The third-order valence-electron chi connectivity index (χ3n) is 3.29. The maximum Gasteiger partial charge on any atom is 0.0664 e. The lowest BCUT2D eigenvalue weighted by Gasteiger charge is -2.36. The van der Waals surface area contributed by atoms with Gasteiger partial charge in [-0.15, -0.1) is 0 Å². The smallest absolute Gasteiger partial charge is 0.0664 e. The number of rotatable bonds is 5. The number of hydrogen-bond donors (Lipinski definition) is 1. The number of β-amino-alcohol motifs (C(OH)–C–C–N with tert-alkyl or cyclic N) is 1. The highest BCUT2D eigenvalue weighted by atomic mass is 16.3. The number of aliphatic hydroxyl groups excluding tert-OH is 1. The van der Waals surface area contributed by atoms with Crippen molar-refractivity contribution in [3.8, 4) is 0 Å². The molecule has 2 unspecified atom stereocenters. The molecule has 0 saturated carbocycles. The van der Waals surface area contributed by atoms with Gasteiger partial charge in [0.15, 0.2) is 0 Å². The van der Waals surface area contributed by atoms with Crippen molar-refractivity contribution in [1.29, 1.82) is 0 Å². The largest absolute Gasteiger partial charge is 0.392 e. The van der Waals surface area contributed by atoms with Crippen molar-refractivity contribution in [2.45, 2.75) is 64.5 Å². The SMILES string of the molecule is CCCC1CCCCN1CC(O)CC. The molecule has 1 rings (SSSR count). The van der Waals surface area contributed by atoms with Crippen molar-refractivity contribution in [1.82, 2.24) is 4.90 Å². The molecule has 0 aromatic rings. The van der Waals surface area contributed by atoms with E-state index in [4.69, 9.17) is 0 Å². The first-order valence-electron chi connectivity index (χ1n) is 6.20. The number of aliphatic hydroxyl groups is 1. The van der Waals surface area contributed by atoms with E-state index in [-0.39, 0.29) is 6.10 Å². The van der Waals surface area contributed by atoms with Crippen LogP contribution < -0.4 is 0 Å². The first-order valence-corrected chi connectivity index (χ1v) is 6.20. The van der Waals surface area contributed by atoms with Gasteiger partial charge in [-0.05, 0) is 32.2 Å². The lowest BCUT2D eigenvalue weighted by atomic mass is 9.97. The van der Waals surface area contributed by atoms with Crippen LogP contribution in [0.2, 0.25) is 0 Å². The molecule has 0 aliphatic carbocycles. The van der Waals surface area contributed by atoms with Gasteiger partial charge >= 0.3 is 0 Å². The molecule has 2 nitrogen and oxygen atoms in total. The van der Waals surface area contributed by atoms with Crippen LogP contribution in [0.3, 0.4) is 0 Å². The van der Waals surface area contributed by atoms with Crippen LogP contribution in [-0.2, 0) is 0 Å². The van der Waals surface area contributed by atoms with Gasteiger partial charge < -0.3 is 5.11 Å². The second-order valence-electron chi connectivity index (χ2n) is 4.50. The van der Waals surface area contributed by atoms with E-state index in [0.29, 0.717) is 0 Å². The molecule has 1 heterocycles. The number of piperidine rings is 1. The Bertz CT molecular complexity index is 147. The highest BCUT2D eigenvalue weighted by Crippen LogP contribution is 2.21. The molecule has 1 aliphatic heterocycles. The number of hydrogen-bond acceptors (Lipinski definition) is 2. The van der Waals surface area contributed by atoms with E-state index in [9.17, 15) is 5.11 Å². The summed E-state index contributed by atoms with van der Waals surface area (Å²) in [6, 6.07) is 0.745. The van der Waals surface area contributed by atoms with Gasteiger partial charge in [0.25, 0.3) is 0 Å². The van der Waals surface area contributed by atoms with E-state index >= 15 is 0 Å². The van der Waals surface area contributed by atoms with Crippen LogP contribution in [0.4, 0.5) is 0 Å². The summed E-state index contributed by atoms with van der Waals surface area (Å²) in [7, 11) is 0. The minimum absolute atomic E-state index is 0.118. The first-order chi connectivity index (χ1) is 6.77. The molecule has 0 aromatic carbocycles. The molecule has 0 bridgehead atoms. The van der Waals surface area contributed by atoms with Crippen molar-refractivity contribution in [3.63, 3.8) is 0 Å². The lowest BCUT2D eigenvalue weighted by Crippen LogP contribution is -2.43. The van der Waals surface area contributed by atoms with Gasteiger partial charge in [0, 0.05) is 12.6 Å². The summed E-state index contributed by atoms with van der Waals surface area (Å²) in [6.07, 6.45) is 7.37. The highest BCUT2D eigenvalue weighted by molar-refractivity contribution is 4.78. The fourth-order valence-corrected chi connectivity index (χ4v) is 2.36. The van der Waals surface area contributed by atoms with Crippen LogP contribution in [-0.4, -0.2) is 35.2 Å². The van der Waals surface area contributed by atoms with Crippen LogP contribution in [0.1, 0.15) is 52.4 Å². The lowest BCUT2D eigenvalue weighted by molar-refractivity contribution is 0.0621. The van der Waals surface area contributed by atoms with Crippen LogP contribution in [0.15, 0.2) is 0 Å². The topological polar surface area (TPSA) is 23.5 Å². The Morgan fingerprint density at radius 2 is 2.14 bits per heavy atom. The zero-order valence-corrected chi connectivity index (χ0v) is 9.71. The fourth-order valence-electron chi connectivity index (χ4n) is 2.36. The van der Waals surface area contributed by atoms with Crippen molar-refractivity contribution < 1.29 is 5.11 Å². The maximum absolute atomic E-state index is 9.65. The van der Waals surface area contributed by atoms with Crippen LogP contribution in [0.25, 0.3) is 0 Å².